The number of rotatable bonds is 6. The Bertz CT molecular complexity index is 1040. The van der Waals surface area contributed by atoms with Crippen LogP contribution in [0.25, 0.3) is 0 Å². The molecule has 0 radical (unpaired) electrons. The summed E-state index contributed by atoms with van der Waals surface area (Å²) >= 11 is 1.98. The number of amides is 2. The molecule has 2 amide bonds. The zero-order valence-electron chi connectivity index (χ0n) is 17.5. The molecule has 2 aromatic carbocycles. The Hall–Kier alpha value is -3.26. The van der Waals surface area contributed by atoms with Gasteiger partial charge in [-0.1, -0.05) is 24.3 Å². The van der Waals surface area contributed by atoms with E-state index in [2.05, 4.69) is 30.8 Å². The molecule has 0 unspecified atom stereocenters. The lowest BCUT2D eigenvalue weighted by Gasteiger charge is -2.27. The van der Waals surface area contributed by atoms with E-state index in [9.17, 15) is 4.79 Å². The second-order valence-corrected chi connectivity index (χ2v) is 8.59. The highest BCUT2D eigenvalue weighted by atomic mass is 32.2. The number of carbonyl (C=O) groups is 1. The van der Waals surface area contributed by atoms with Crippen LogP contribution in [0.1, 0.15) is 11.1 Å². The molecule has 2 heterocycles. The molecular weight excluding hydrogens is 408 g/mol. The second kappa shape index (κ2) is 10.2. The van der Waals surface area contributed by atoms with E-state index in [-0.39, 0.29) is 6.03 Å². The minimum atomic E-state index is -0.268. The summed E-state index contributed by atoms with van der Waals surface area (Å²) in [5.74, 6) is 4.01. The quantitative estimate of drug-likeness (QED) is 0.526. The summed E-state index contributed by atoms with van der Waals surface area (Å²) in [6, 6.07) is 17.2. The molecule has 0 aliphatic carbocycles. The Labute approximate surface area is 186 Å². The number of aryl methyl sites for hydroxylation is 1. The first-order chi connectivity index (χ1) is 15.2. The Balaban J connectivity index is 1.34. The van der Waals surface area contributed by atoms with E-state index in [0.29, 0.717) is 6.54 Å². The standard InChI is InChI=1S/C23H26N6OS/c1-17-4-2-6-19(12-17)27-23(30)28-20-7-3-5-18(13-20)15-24-21-14-22(26-16-25-21)29-8-10-31-11-9-29/h2-7,12-14,16H,8-11,15H2,1H3,(H,24,25,26)(H2,27,28,30). The van der Waals surface area contributed by atoms with Gasteiger partial charge in [0.25, 0.3) is 0 Å². The zero-order chi connectivity index (χ0) is 21.5. The molecule has 3 aromatic rings. The van der Waals surface area contributed by atoms with Crippen LogP contribution in [0.2, 0.25) is 0 Å². The molecule has 4 rings (SSSR count). The lowest BCUT2D eigenvalue weighted by Crippen LogP contribution is -2.33. The first-order valence-corrected chi connectivity index (χ1v) is 11.4. The van der Waals surface area contributed by atoms with Crippen molar-refractivity contribution in [2.75, 3.05) is 45.4 Å². The highest BCUT2D eigenvalue weighted by Crippen LogP contribution is 2.20. The van der Waals surface area contributed by atoms with Crippen LogP contribution in [0.15, 0.2) is 60.9 Å². The van der Waals surface area contributed by atoms with E-state index in [4.69, 9.17) is 0 Å². The smallest absolute Gasteiger partial charge is 0.323 e. The molecule has 3 N–H and O–H groups in total. The number of hydrogen-bond acceptors (Lipinski definition) is 6. The molecule has 1 aliphatic heterocycles. The van der Waals surface area contributed by atoms with Crippen LogP contribution < -0.4 is 20.9 Å². The molecule has 7 nitrogen and oxygen atoms in total. The summed E-state index contributed by atoms with van der Waals surface area (Å²) in [5.41, 5.74) is 3.64. The maximum atomic E-state index is 12.3. The Kier molecular flexibility index (Phi) is 6.89. The van der Waals surface area contributed by atoms with Crippen molar-refractivity contribution in [3.05, 3.63) is 72.1 Å². The van der Waals surface area contributed by atoms with Crippen molar-refractivity contribution in [2.45, 2.75) is 13.5 Å². The molecule has 31 heavy (non-hydrogen) atoms. The van der Waals surface area contributed by atoms with Crippen molar-refractivity contribution in [3.63, 3.8) is 0 Å². The number of hydrogen-bond donors (Lipinski definition) is 3. The van der Waals surface area contributed by atoms with E-state index in [1.165, 1.54) is 0 Å². The fourth-order valence-electron chi connectivity index (χ4n) is 3.38. The molecule has 1 fully saturated rings. The molecule has 8 heteroatoms. The lowest BCUT2D eigenvalue weighted by atomic mass is 10.2. The first kappa shape index (κ1) is 21.0. The van der Waals surface area contributed by atoms with Gasteiger partial charge in [0.05, 0.1) is 0 Å². The maximum absolute atomic E-state index is 12.3. The first-order valence-electron chi connectivity index (χ1n) is 10.3. The fraction of sp³-hybridized carbons (Fsp3) is 0.261. The topological polar surface area (TPSA) is 82.2 Å². The monoisotopic (exact) mass is 434 g/mol. The molecule has 0 bridgehead atoms. The van der Waals surface area contributed by atoms with E-state index < -0.39 is 0 Å². The third-order valence-corrected chi connectivity index (χ3v) is 5.86. The minimum Gasteiger partial charge on any atom is -0.366 e. The average molecular weight is 435 g/mol. The maximum Gasteiger partial charge on any atom is 0.323 e. The molecule has 0 atom stereocenters. The number of anilines is 4. The number of nitrogens with zero attached hydrogens (tertiary/aromatic N) is 3. The normalized spacial score (nSPS) is 13.5. The number of urea groups is 1. The lowest BCUT2D eigenvalue weighted by molar-refractivity contribution is 0.262. The van der Waals surface area contributed by atoms with Crippen LogP contribution in [0, 0.1) is 6.92 Å². The van der Waals surface area contributed by atoms with Gasteiger partial charge < -0.3 is 20.9 Å². The van der Waals surface area contributed by atoms with E-state index >= 15 is 0 Å². The van der Waals surface area contributed by atoms with Gasteiger partial charge in [-0.2, -0.15) is 11.8 Å². The summed E-state index contributed by atoms with van der Waals surface area (Å²) in [5, 5.41) is 9.10. The van der Waals surface area contributed by atoms with Crippen LogP contribution >= 0.6 is 11.8 Å². The molecule has 1 aromatic heterocycles. The van der Waals surface area contributed by atoms with Gasteiger partial charge in [-0.3, -0.25) is 0 Å². The second-order valence-electron chi connectivity index (χ2n) is 7.36. The van der Waals surface area contributed by atoms with Crippen molar-refractivity contribution in [1.29, 1.82) is 0 Å². The highest BCUT2D eigenvalue weighted by molar-refractivity contribution is 7.99. The molecule has 1 aliphatic rings. The summed E-state index contributed by atoms with van der Waals surface area (Å²) < 4.78 is 0. The number of nitrogens with one attached hydrogen (secondary N) is 3. The van der Waals surface area contributed by atoms with Gasteiger partial charge in [0.1, 0.15) is 18.0 Å². The van der Waals surface area contributed by atoms with Gasteiger partial charge in [0, 0.05) is 48.6 Å². The Morgan fingerprint density at radius 2 is 1.74 bits per heavy atom. The molecule has 0 saturated carbocycles. The molecule has 0 spiro atoms. The molecule has 160 valence electrons. The molecule has 1 saturated heterocycles. The average Bonchev–Trinajstić information content (AvgIpc) is 2.79. The van der Waals surface area contributed by atoms with Gasteiger partial charge >= 0.3 is 6.03 Å². The largest absolute Gasteiger partial charge is 0.366 e. The summed E-state index contributed by atoms with van der Waals surface area (Å²) in [4.78, 5) is 23.4. The number of carbonyl (C=O) groups excluding carboxylic acids is 1. The third kappa shape index (κ3) is 6.11. The van der Waals surface area contributed by atoms with Crippen LogP contribution in [-0.4, -0.2) is 40.6 Å². The van der Waals surface area contributed by atoms with Crippen LogP contribution in [0.4, 0.5) is 27.8 Å². The fourth-order valence-corrected chi connectivity index (χ4v) is 4.28. The molecular formula is C23H26N6OS. The van der Waals surface area contributed by atoms with Gasteiger partial charge in [-0.15, -0.1) is 0 Å². The predicted molar refractivity (Wildman–Crippen MR) is 129 cm³/mol. The van der Waals surface area contributed by atoms with Gasteiger partial charge in [-0.05, 0) is 42.3 Å². The van der Waals surface area contributed by atoms with Gasteiger partial charge in [-0.25, -0.2) is 14.8 Å². The summed E-state index contributed by atoms with van der Waals surface area (Å²) in [7, 11) is 0. The number of thioether (sulfide) groups is 1. The predicted octanol–water partition coefficient (Wildman–Crippen LogP) is 4.59. The number of benzene rings is 2. The van der Waals surface area contributed by atoms with Gasteiger partial charge in [0.15, 0.2) is 0 Å². The highest BCUT2D eigenvalue weighted by Gasteiger charge is 2.13. The Morgan fingerprint density at radius 3 is 2.52 bits per heavy atom. The van der Waals surface area contributed by atoms with Crippen molar-refractivity contribution < 1.29 is 4.79 Å². The number of aromatic nitrogens is 2. The van der Waals surface area contributed by atoms with Crippen LogP contribution in [-0.2, 0) is 6.54 Å². The third-order valence-electron chi connectivity index (χ3n) is 4.92. The zero-order valence-corrected chi connectivity index (χ0v) is 18.3. The SMILES string of the molecule is Cc1cccc(NC(=O)Nc2cccc(CNc3cc(N4CCSCC4)ncn3)c2)c1. The van der Waals surface area contributed by atoms with E-state index in [0.717, 1.165) is 58.7 Å². The van der Waals surface area contributed by atoms with Gasteiger partial charge in [0.2, 0.25) is 0 Å². The van der Waals surface area contributed by atoms with E-state index in [1.807, 2.05) is 73.3 Å². The van der Waals surface area contributed by atoms with Crippen LogP contribution in [0.5, 0.6) is 0 Å². The van der Waals surface area contributed by atoms with Crippen molar-refractivity contribution >= 4 is 40.8 Å². The van der Waals surface area contributed by atoms with Crippen LogP contribution in [0.3, 0.4) is 0 Å². The van der Waals surface area contributed by atoms with Crippen molar-refractivity contribution in [2.24, 2.45) is 0 Å². The van der Waals surface area contributed by atoms with Crippen molar-refractivity contribution in [1.82, 2.24) is 9.97 Å². The summed E-state index contributed by atoms with van der Waals surface area (Å²) in [6.45, 7) is 4.62. The van der Waals surface area contributed by atoms with E-state index in [1.54, 1.807) is 6.33 Å². The van der Waals surface area contributed by atoms with Crippen molar-refractivity contribution in [3.8, 4) is 0 Å². The summed E-state index contributed by atoms with van der Waals surface area (Å²) in [6.07, 6.45) is 1.60. The Morgan fingerprint density at radius 1 is 1.00 bits per heavy atom. The minimum absolute atomic E-state index is 0.268.